The number of fused-ring (bicyclic) bond motifs is 1. The van der Waals surface area contributed by atoms with Gasteiger partial charge in [0.25, 0.3) is 5.91 Å². The molecule has 24 heavy (non-hydrogen) atoms. The van der Waals surface area contributed by atoms with Crippen LogP contribution in [0.25, 0.3) is 0 Å². The number of carbonyl (C=O) groups excluding carboxylic acids is 1. The largest absolute Gasteiger partial charge is 0.360 e. The molecule has 6 nitrogen and oxygen atoms in total. The van der Waals surface area contributed by atoms with Gasteiger partial charge in [0.1, 0.15) is 4.90 Å². The molecule has 0 aliphatic carbocycles. The lowest BCUT2D eigenvalue weighted by molar-refractivity contribution is -0.117. The molecule has 1 atom stereocenters. The maximum absolute atomic E-state index is 12.6. The third-order valence-electron chi connectivity index (χ3n) is 3.94. The minimum absolute atomic E-state index is 0.136. The monoisotopic (exact) mass is 345 g/mol. The molecule has 0 spiro atoms. The zero-order chi connectivity index (χ0) is 17.5. The van der Waals surface area contributed by atoms with Crippen LogP contribution in [0.2, 0.25) is 0 Å². The molecule has 1 aliphatic rings. The van der Waals surface area contributed by atoms with Crippen molar-refractivity contribution in [3.63, 3.8) is 0 Å². The van der Waals surface area contributed by atoms with Gasteiger partial charge in [-0.05, 0) is 44.0 Å². The predicted molar refractivity (Wildman–Crippen MR) is 93.5 cm³/mol. The standard InChI is InChI=1S/C17H19N3O3S/c1-10-8-11(2)15(12(3)9-10)19-17(21)16-18-13-6-4-5-7-14(13)24(22,23)20-16/h4-9,16,18,20H,1-3H3,(H,19,21)/t16-/m1/s1. The minimum Gasteiger partial charge on any atom is -0.360 e. The van der Waals surface area contributed by atoms with Crippen LogP contribution in [0.3, 0.4) is 0 Å². The van der Waals surface area contributed by atoms with Crippen LogP contribution in [-0.2, 0) is 14.8 Å². The molecule has 1 aliphatic heterocycles. The molecular formula is C17H19N3O3S. The fraction of sp³-hybridized carbons (Fsp3) is 0.235. The number of hydrogen-bond acceptors (Lipinski definition) is 4. The first-order valence-corrected chi connectivity index (χ1v) is 9.03. The van der Waals surface area contributed by atoms with Crippen molar-refractivity contribution >= 4 is 27.3 Å². The molecule has 0 aromatic heterocycles. The highest BCUT2D eigenvalue weighted by Gasteiger charge is 2.33. The van der Waals surface area contributed by atoms with Crippen LogP contribution >= 0.6 is 0 Å². The van der Waals surface area contributed by atoms with Crippen molar-refractivity contribution in [3.8, 4) is 0 Å². The molecule has 0 saturated carbocycles. The van der Waals surface area contributed by atoms with E-state index in [0.29, 0.717) is 11.4 Å². The molecule has 0 saturated heterocycles. The molecule has 1 heterocycles. The number of anilines is 2. The number of nitrogens with one attached hydrogen (secondary N) is 3. The Morgan fingerprint density at radius 3 is 2.38 bits per heavy atom. The third kappa shape index (κ3) is 3.00. The predicted octanol–water partition coefficient (Wildman–Crippen LogP) is 2.28. The van der Waals surface area contributed by atoms with E-state index in [1.807, 2.05) is 32.9 Å². The number of amides is 1. The average Bonchev–Trinajstić information content (AvgIpc) is 2.50. The molecule has 0 fully saturated rings. The lowest BCUT2D eigenvalue weighted by Gasteiger charge is -2.27. The highest BCUT2D eigenvalue weighted by Crippen LogP contribution is 2.26. The molecule has 7 heteroatoms. The molecular weight excluding hydrogens is 326 g/mol. The Morgan fingerprint density at radius 1 is 1.08 bits per heavy atom. The van der Waals surface area contributed by atoms with Crippen LogP contribution in [0.15, 0.2) is 41.3 Å². The van der Waals surface area contributed by atoms with Crippen LogP contribution in [0.5, 0.6) is 0 Å². The van der Waals surface area contributed by atoms with Crippen LogP contribution in [0.4, 0.5) is 11.4 Å². The number of carbonyl (C=O) groups is 1. The number of aryl methyl sites for hydroxylation is 3. The Hall–Kier alpha value is -2.38. The van der Waals surface area contributed by atoms with Crippen molar-refractivity contribution in [3.05, 3.63) is 53.1 Å². The van der Waals surface area contributed by atoms with Crippen molar-refractivity contribution in [2.45, 2.75) is 31.8 Å². The molecule has 1 amide bonds. The van der Waals surface area contributed by atoms with E-state index < -0.39 is 22.1 Å². The first-order chi connectivity index (χ1) is 11.3. The Bertz CT molecular complexity index is 899. The van der Waals surface area contributed by atoms with Gasteiger partial charge in [0.2, 0.25) is 10.0 Å². The van der Waals surface area contributed by atoms with E-state index in [2.05, 4.69) is 15.4 Å². The topological polar surface area (TPSA) is 87.3 Å². The summed E-state index contributed by atoms with van der Waals surface area (Å²) in [6.07, 6.45) is -1.06. The van der Waals surface area contributed by atoms with Gasteiger partial charge in [0, 0.05) is 5.69 Å². The second kappa shape index (κ2) is 5.92. The molecule has 3 N–H and O–H groups in total. The van der Waals surface area contributed by atoms with Crippen LogP contribution in [0.1, 0.15) is 16.7 Å². The minimum atomic E-state index is -3.73. The van der Waals surface area contributed by atoms with Crippen molar-refractivity contribution in [1.29, 1.82) is 0 Å². The van der Waals surface area contributed by atoms with Crippen LogP contribution in [-0.4, -0.2) is 20.5 Å². The molecule has 3 rings (SSSR count). The number of benzene rings is 2. The summed E-state index contributed by atoms with van der Waals surface area (Å²) >= 11 is 0. The van der Waals surface area contributed by atoms with E-state index in [9.17, 15) is 13.2 Å². The molecule has 126 valence electrons. The van der Waals surface area contributed by atoms with Crippen LogP contribution < -0.4 is 15.4 Å². The summed E-state index contributed by atoms with van der Waals surface area (Å²) in [6.45, 7) is 5.80. The number of hydrogen-bond donors (Lipinski definition) is 3. The summed E-state index contributed by atoms with van der Waals surface area (Å²) < 4.78 is 26.9. The van der Waals surface area contributed by atoms with Crippen molar-refractivity contribution < 1.29 is 13.2 Å². The molecule has 0 unspecified atom stereocenters. The SMILES string of the molecule is Cc1cc(C)c(NC(=O)[C@@H]2Nc3ccccc3S(=O)(=O)N2)c(C)c1. The zero-order valence-electron chi connectivity index (χ0n) is 13.7. The highest BCUT2D eigenvalue weighted by molar-refractivity contribution is 7.89. The van der Waals surface area contributed by atoms with E-state index in [0.717, 1.165) is 16.7 Å². The van der Waals surface area contributed by atoms with Crippen LogP contribution in [0, 0.1) is 20.8 Å². The fourth-order valence-electron chi connectivity index (χ4n) is 2.92. The van der Waals surface area contributed by atoms with E-state index in [1.165, 1.54) is 6.07 Å². The molecule has 2 aromatic carbocycles. The summed E-state index contributed by atoms with van der Waals surface area (Å²) in [7, 11) is -3.73. The first-order valence-electron chi connectivity index (χ1n) is 7.54. The lowest BCUT2D eigenvalue weighted by atomic mass is 10.1. The Kier molecular flexibility index (Phi) is 4.06. The highest BCUT2D eigenvalue weighted by atomic mass is 32.2. The summed E-state index contributed by atoms with van der Waals surface area (Å²) in [5, 5.41) is 5.74. The number of rotatable bonds is 2. The Morgan fingerprint density at radius 2 is 1.71 bits per heavy atom. The van der Waals surface area contributed by atoms with E-state index in [4.69, 9.17) is 0 Å². The maximum Gasteiger partial charge on any atom is 0.262 e. The van der Waals surface area contributed by atoms with Gasteiger partial charge < -0.3 is 10.6 Å². The van der Waals surface area contributed by atoms with E-state index in [1.54, 1.807) is 18.2 Å². The summed E-state index contributed by atoms with van der Waals surface area (Å²) in [5.74, 6) is -0.455. The summed E-state index contributed by atoms with van der Waals surface area (Å²) in [5.41, 5.74) is 4.08. The van der Waals surface area contributed by atoms with E-state index in [-0.39, 0.29) is 4.90 Å². The Labute approximate surface area is 141 Å². The molecule has 0 radical (unpaired) electrons. The second-order valence-corrected chi connectivity index (χ2v) is 7.64. The van der Waals surface area contributed by atoms with Gasteiger partial charge in [-0.1, -0.05) is 29.8 Å². The number of para-hydroxylation sites is 1. The zero-order valence-corrected chi connectivity index (χ0v) is 14.5. The smallest absolute Gasteiger partial charge is 0.262 e. The first kappa shape index (κ1) is 16.5. The average molecular weight is 345 g/mol. The number of sulfonamides is 1. The summed E-state index contributed by atoms with van der Waals surface area (Å²) in [4.78, 5) is 12.7. The van der Waals surface area contributed by atoms with Gasteiger partial charge in [-0.25, -0.2) is 8.42 Å². The van der Waals surface area contributed by atoms with Gasteiger partial charge >= 0.3 is 0 Å². The third-order valence-corrected chi connectivity index (χ3v) is 5.42. The van der Waals surface area contributed by atoms with Crippen molar-refractivity contribution in [1.82, 2.24) is 4.72 Å². The van der Waals surface area contributed by atoms with Gasteiger partial charge in [0.15, 0.2) is 6.17 Å². The lowest BCUT2D eigenvalue weighted by Crippen LogP contribution is -2.51. The van der Waals surface area contributed by atoms with Crippen molar-refractivity contribution in [2.75, 3.05) is 10.6 Å². The van der Waals surface area contributed by atoms with Gasteiger partial charge in [-0.2, -0.15) is 4.72 Å². The van der Waals surface area contributed by atoms with Gasteiger partial charge in [-0.15, -0.1) is 0 Å². The van der Waals surface area contributed by atoms with E-state index >= 15 is 0 Å². The molecule has 0 bridgehead atoms. The summed E-state index contributed by atoms with van der Waals surface area (Å²) in [6, 6.07) is 10.4. The van der Waals surface area contributed by atoms with Gasteiger partial charge in [0.05, 0.1) is 5.69 Å². The Balaban J connectivity index is 1.88. The quantitative estimate of drug-likeness (QED) is 0.779. The maximum atomic E-state index is 12.6. The fourth-order valence-corrected chi connectivity index (χ4v) is 4.19. The normalized spacial score (nSPS) is 18.4. The molecule has 2 aromatic rings. The second-order valence-electron chi connectivity index (χ2n) is 5.96. The van der Waals surface area contributed by atoms with Gasteiger partial charge in [-0.3, -0.25) is 4.79 Å². The van der Waals surface area contributed by atoms with Crippen molar-refractivity contribution in [2.24, 2.45) is 0 Å².